The number of rotatable bonds is 4. The quantitative estimate of drug-likeness (QED) is 0.382. The molecule has 0 fully saturated rings. The van der Waals surface area contributed by atoms with Crippen molar-refractivity contribution in [3.8, 4) is 22.3 Å². The summed E-state index contributed by atoms with van der Waals surface area (Å²) < 4.78 is 0. The molecule has 0 saturated heterocycles. The zero-order valence-electron chi connectivity index (χ0n) is 18.4. The van der Waals surface area contributed by atoms with Gasteiger partial charge in [-0.3, -0.25) is 0 Å². The maximum atomic E-state index is 12.3. The van der Waals surface area contributed by atoms with Crippen LogP contribution in [0.3, 0.4) is 0 Å². The monoisotopic (exact) mass is 432 g/mol. The Bertz CT molecular complexity index is 1340. The van der Waals surface area contributed by atoms with Crippen LogP contribution >= 0.6 is 0 Å². The van der Waals surface area contributed by atoms with Gasteiger partial charge in [0.2, 0.25) is 0 Å². The van der Waals surface area contributed by atoms with Gasteiger partial charge in [0.1, 0.15) is 0 Å². The van der Waals surface area contributed by atoms with Crippen molar-refractivity contribution in [1.29, 1.82) is 0 Å². The highest BCUT2D eigenvalue weighted by Gasteiger charge is 2.45. The molecule has 0 saturated carbocycles. The minimum Gasteiger partial charge on any atom is -0.479 e. The number of aliphatic carboxylic acids is 1. The summed E-state index contributed by atoms with van der Waals surface area (Å²) in [6, 6.07) is 28.8. The first kappa shape index (κ1) is 20.0. The van der Waals surface area contributed by atoms with Gasteiger partial charge in [0.25, 0.3) is 0 Å². The number of hydrogen-bond acceptors (Lipinski definition) is 2. The van der Waals surface area contributed by atoms with Crippen LogP contribution in [-0.2, 0) is 23.1 Å². The molecule has 3 heteroatoms. The van der Waals surface area contributed by atoms with Gasteiger partial charge in [-0.1, -0.05) is 84.9 Å². The molecule has 0 aliphatic heterocycles. The van der Waals surface area contributed by atoms with E-state index in [-0.39, 0.29) is 0 Å². The molecular weight excluding hydrogens is 408 g/mol. The van der Waals surface area contributed by atoms with Crippen LogP contribution in [0.4, 0.5) is 0 Å². The summed E-state index contributed by atoms with van der Waals surface area (Å²) in [7, 11) is 0. The average Bonchev–Trinajstić information content (AvgIpc) is 3.41. The van der Waals surface area contributed by atoms with E-state index >= 15 is 0 Å². The lowest BCUT2D eigenvalue weighted by atomic mass is 9.68. The minimum absolute atomic E-state index is 0.735. The summed E-state index contributed by atoms with van der Waals surface area (Å²) in [5.74, 6) is -1.21. The molecule has 0 spiro atoms. The van der Waals surface area contributed by atoms with Crippen molar-refractivity contribution in [1.82, 2.24) is 0 Å². The highest BCUT2D eigenvalue weighted by molar-refractivity contribution is 5.84. The molecule has 0 heterocycles. The summed E-state index contributed by atoms with van der Waals surface area (Å²) in [4.78, 5) is 12.3. The fraction of sp³-hybridized carbons (Fsp3) is 0.167. The third-order valence-corrected chi connectivity index (χ3v) is 7.60. The van der Waals surface area contributed by atoms with Gasteiger partial charge in [0, 0.05) is 0 Å². The molecule has 2 aliphatic carbocycles. The van der Waals surface area contributed by atoms with Crippen LogP contribution in [0.2, 0.25) is 0 Å². The predicted octanol–water partition coefficient (Wildman–Crippen LogP) is 5.58. The van der Waals surface area contributed by atoms with Crippen LogP contribution in [0.1, 0.15) is 40.3 Å². The lowest BCUT2D eigenvalue weighted by Crippen LogP contribution is -2.44. The molecule has 0 radical (unpaired) electrons. The van der Waals surface area contributed by atoms with Crippen molar-refractivity contribution < 1.29 is 15.0 Å². The Morgan fingerprint density at radius 3 is 1.58 bits per heavy atom. The fourth-order valence-electron chi connectivity index (χ4n) is 5.97. The topological polar surface area (TPSA) is 57.5 Å². The van der Waals surface area contributed by atoms with Crippen molar-refractivity contribution in [3.05, 3.63) is 118 Å². The fourth-order valence-corrected chi connectivity index (χ4v) is 5.97. The van der Waals surface area contributed by atoms with Crippen LogP contribution < -0.4 is 0 Å². The SMILES string of the molecule is CC(c1cccc2c1Cc1ccccc1-2)(c1cccc2c1Cc1ccccc1-2)C(O)C(=O)O. The van der Waals surface area contributed by atoms with E-state index in [0.717, 1.165) is 46.2 Å². The number of hydrogen-bond donors (Lipinski definition) is 2. The van der Waals surface area contributed by atoms with Gasteiger partial charge < -0.3 is 10.2 Å². The molecule has 3 nitrogen and oxygen atoms in total. The Kier molecular flexibility index (Phi) is 4.33. The van der Waals surface area contributed by atoms with E-state index in [1.165, 1.54) is 22.3 Å². The highest BCUT2D eigenvalue weighted by atomic mass is 16.4. The molecule has 1 atom stereocenters. The molecule has 4 aromatic carbocycles. The molecule has 2 aliphatic rings. The summed E-state index contributed by atoms with van der Waals surface area (Å²) in [6.07, 6.45) is -0.111. The Morgan fingerprint density at radius 2 is 1.12 bits per heavy atom. The summed E-state index contributed by atoms with van der Waals surface area (Å²) in [6.45, 7) is 1.89. The number of fused-ring (bicyclic) bond motifs is 6. The Hall–Kier alpha value is -3.69. The molecule has 0 amide bonds. The van der Waals surface area contributed by atoms with E-state index in [1.807, 2.05) is 55.5 Å². The van der Waals surface area contributed by atoms with Gasteiger partial charge in [-0.05, 0) is 75.4 Å². The Balaban J connectivity index is 1.61. The van der Waals surface area contributed by atoms with Gasteiger partial charge >= 0.3 is 5.97 Å². The van der Waals surface area contributed by atoms with Crippen LogP contribution in [0.15, 0.2) is 84.9 Å². The molecule has 33 heavy (non-hydrogen) atoms. The summed E-state index contributed by atoms with van der Waals surface area (Å²) in [5, 5.41) is 21.3. The molecule has 4 aromatic rings. The van der Waals surface area contributed by atoms with E-state index in [0.29, 0.717) is 0 Å². The molecule has 162 valence electrons. The number of aliphatic hydroxyl groups is 1. The van der Waals surface area contributed by atoms with Gasteiger partial charge in [0.15, 0.2) is 6.10 Å². The van der Waals surface area contributed by atoms with Gasteiger partial charge in [0.05, 0.1) is 5.41 Å². The maximum Gasteiger partial charge on any atom is 0.333 e. The summed E-state index contributed by atoms with van der Waals surface area (Å²) >= 11 is 0. The van der Waals surface area contributed by atoms with Crippen molar-refractivity contribution >= 4 is 5.97 Å². The number of carboxylic acid groups (broad SMARTS) is 1. The Labute approximate surface area is 193 Å². The van der Waals surface area contributed by atoms with Crippen molar-refractivity contribution in [2.75, 3.05) is 0 Å². The van der Waals surface area contributed by atoms with E-state index in [2.05, 4.69) is 36.4 Å². The number of carboxylic acids is 1. The zero-order valence-corrected chi connectivity index (χ0v) is 18.4. The van der Waals surface area contributed by atoms with E-state index < -0.39 is 17.5 Å². The van der Waals surface area contributed by atoms with E-state index in [9.17, 15) is 15.0 Å². The van der Waals surface area contributed by atoms with Crippen LogP contribution in [-0.4, -0.2) is 22.3 Å². The van der Waals surface area contributed by atoms with Crippen molar-refractivity contribution in [3.63, 3.8) is 0 Å². The normalized spacial score (nSPS) is 14.2. The van der Waals surface area contributed by atoms with Crippen molar-refractivity contribution in [2.24, 2.45) is 0 Å². The third-order valence-electron chi connectivity index (χ3n) is 7.60. The number of carbonyl (C=O) groups is 1. The molecule has 6 rings (SSSR count). The van der Waals surface area contributed by atoms with Crippen LogP contribution in [0.5, 0.6) is 0 Å². The second kappa shape index (κ2) is 7.16. The highest BCUT2D eigenvalue weighted by Crippen LogP contribution is 2.49. The lowest BCUT2D eigenvalue weighted by Gasteiger charge is -2.36. The van der Waals surface area contributed by atoms with Gasteiger partial charge in [-0.2, -0.15) is 0 Å². The minimum atomic E-state index is -1.58. The molecular formula is C30H24O3. The molecule has 2 N–H and O–H groups in total. The second-order valence-electron chi connectivity index (χ2n) is 9.27. The smallest absolute Gasteiger partial charge is 0.333 e. The average molecular weight is 433 g/mol. The predicted molar refractivity (Wildman–Crippen MR) is 129 cm³/mol. The van der Waals surface area contributed by atoms with Crippen LogP contribution in [0.25, 0.3) is 22.3 Å². The van der Waals surface area contributed by atoms with Gasteiger partial charge in [-0.15, -0.1) is 0 Å². The largest absolute Gasteiger partial charge is 0.479 e. The Morgan fingerprint density at radius 1 is 0.697 bits per heavy atom. The third kappa shape index (κ3) is 2.76. The first-order valence-electron chi connectivity index (χ1n) is 11.3. The first-order chi connectivity index (χ1) is 16.0. The van der Waals surface area contributed by atoms with Crippen molar-refractivity contribution in [2.45, 2.75) is 31.3 Å². The molecule has 0 aromatic heterocycles. The number of benzene rings is 4. The standard InChI is InChI=1S/C30H24O3/c1-30(28(31)29(32)33,26-14-6-12-22-20-10-4-2-8-18(20)16-24(22)26)27-15-7-13-23-21-11-5-3-9-19(21)17-25(23)27/h2-15,28,31H,16-17H2,1H3,(H,32,33). The van der Waals surface area contributed by atoms with E-state index in [1.54, 1.807) is 0 Å². The summed E-state index contributed by atoms with van der Waals surface area (Å²) in [5.41, 5.74) is 9.97. The van der Waals surface area contributed by atoms with E-state index in [4.69, 9.17) is 0 Å². The maximum absolute atomic E-state index is 12.3. The molecule has 1 unspecified atom stereocenters. The first-order valence-corrected chi connectivity index (χ1v) is 11.3. The zero-order chi connectivity index (χ0) is 22.7. The lowest BCUT2D eigenvalue weighted by molar-refractivity contribution is -0.149. The number of aliphatic hydroxyl groups excluding tert-OH is 1. The second-order valence-corrected chi connectivity index (χ2v) is 9.27. The molecule has 0 bridgehead atoms. The van der Waals surface area contributed by atoms with Crippen LogP contribution in [0, 0.1) is 0 Å². The van der Waals surface area contributed by atoms with Gasteiger partial charge in [-0.25, -0.2) is 4.79 Å².